The molecular formula is C25H40IN5O. The van der Waals surface area contributed by atoms with Crippen LogP contribution in [0.25, 0.3) is 0 Å². The Kier molecular flexibility index (Phi) is 14.7. The average molecular weight is 554 g/mol. The highest BCUT2D eigenvalue weighted by molar-refractivity contribution is 14.0. The zero-order valence-electron chi connectivity index (χ0n) is 20.0. The van der Waals surface area contributed by atoms with Crippen LogP contribution in [-0.2, 0) is 13.2 Å². The molecule has 1 atom stereocenters. The van der Waals surface area contributed by atoms with Crippen molar-refractivity contribution >= 4 is 29.9 Å². The van der Waals surface area contributed by atoms with Crippen molar-refractivity contribution in [2.24, 2.45) is 4.99 Å². The number of halogens is 1. The van der Waals surface area contributed by atoms with E-state index in [9.17, 15) is 0 Å². The normalized spacial score (nSPS) is 12.2. The molecule has 0 aliphatic heterocycles. The Hall–Kier alpha value is -1.87. The molecule has 2 rings (SSSR count). The van der Waals surface area contributed by atoms with Gasteiger partial charge < -0.3 is 20.3 Å². The van der Waals surface area contributed by atoms with Crippen molar-refractivity contribution in [2.45, 2.75) is 59.7 Å². The predicted molar refractivity (Wildman–Crippen MR) is 145 cm³/mol. The van der Waals surface area contributed by atoms with Crippen LogP contribution in [0.5, 0.6) is 5.75 Å². The first-order valence-corrected chi connectivity index (χ1v) is 11.5. The van der Waals surface area contributed by atoms with Crippen molar-refractivity contribution in [3.63, 3.8) is 0 Å². The lowest BCUT2D eigenvalue weighted by Gasteiger charge is -2.21. The number of hydrogen-bond donors (Lipinski definition) is 2. The second kappa shape index (κ2) is 16.7. The van der Waals surface area contributed by atoms with E-state index in [4.69, 9.17) is 9.73 Å². The van der Waals surface area contributed by atoms with Gasteiger partial charge in [0.1, 0.15) is 12.4 Å². The lowest BCUT2D eigenvalue weighted by molar-refractivity contribution is 0.292. The van der Waals surface area contributed by atoms with E-state index < -0.39 is 0 Å². The zero-order valence-corrected chi connectivity index (χ0v) is 22.3. The quantitative estimate of drug-likeness (QED) is 0.211. The maximum absolute atomic E-state index is 5.89. The summed E-state index contributed by atoms with van der Waals surface area (Å²) in [6, 6.07) is 14.3. The number of hydrogen-bond acceptors (Lipinski definition) is 4. The van der Waals surface area contributed by atoms with Crippen LogP contribution in [0.3, 0.4) is 0 Å². The van der Waals surface area contributed by atoms with E-state index in [-0.39, 0.29) is 24.0 Å². The van der Waals surface area contributed by atoms with Crippen LogP contribution in [0.2, 0.25) is 0 Å². The van der Waals surface area contributed by atoms with Gasteiger partial charge in [0.05, 0.1) is 12.2 Å². The first-order chi connectivity index (χ1) is 15.1. The van der Waals surface area contributed by atoms with Gasteiger partial charge in [-0.3, -0.25) is 4.98 Å². The van der Waals surface area contributed by atoms with Crippen LogP contribution < -0.4 is 15.4 Å². The summed E-state index contributed by atoms with van der Waals surface area (Å²) >= 11 is 0. The molecule has 0 saturated carbocycles. The average Bonchev–Trinajstić information content (AvgIpc) is 2.80. The van der Waals surface area contributed by atoms with Crippen molar-refractivity contribution in [3.8, 4) is 5.75 Å². The molecule has 0 fully saturated rings. The molecule has 32 heavy (non-hydrogen) atoms. The molecule has 178 valence electrons. The number of guanidine groups is 1. The topological polar surface area (TPSA) is 61.8 Å². The summed E-state index contributed by atoms with van der Waals surface area (Å²) in [5, 5.41) is 6.90. The van der Waals surface area contributed by atoms with Gasteiger partial charge in [-0.05, 0) is 76.2 Å². The summed E-state index contributed by atoms with van der Waals surface area (Å²) in [5.74, 6) is 1.69. The van der Waals surface area contributed by atoms with Crippen molar-refractivity contribution in [2.75, 3.05) is 26.2 Å². The van der Waals surface area contributed by atoms with Crippen LogP contribution in [-0.4, -0.2) is 48.1 Å². The summed E-state index contributed by atoms with van der Waals surface area (Å²) in [4.78, 5) is 11.5. The number of nitrogens with zero attached hydrogens (tertiary/aromatic N) is 3. The lowest BCUT2D eigenvalue weighted by atomic mass is 10.2. The molecule has 0 aliphatic rings. The highest BCUT2D eigenvalue weighted by Gasteiger charge is 2.07. The molecule has 1 aromatic heterocycles. The van der Waals surface area contributed by atoms with Gasteiger partial charge in [0.2, 0.25) is 0 Å². The third-order valence-electron chi connectivity index (χ3n) is 5.16. The number of benzene rings is 1. The van der Waals surface area contributed by atoms with E-state index >= 15 is 0 Å². The van der Waals surface area contributed by atoms with Gasteiger partial charge in [-0.15, -0.1) is 24.0 Å². The Labute approximate surface area is 211 Å². The highest BCUT2D eigenvalue weighted by atomic mass is 127. The highest BCUT2D eigenvalue weighted by Crippen LogP contribution is 2.15. The summed E-state index contributed by atoms with van der Waals surface area (Å²) in [7, 11) is 0. The maximum atomic E-state index is 5.89. The Balaban J connectivity index is 0.00000512. The minimum absolute atomic E-state index is 0. The maximum Gasteiger partial charge on any atom is 0.191 e. The third-order valence-corrected chi connectivity index (χ3v) is 5.16. The van der Waals surface area contributed by atoms with Gasteiger partial charge in [-0.2, -0.15) is 0 Å². The van der Waals surface area contributed by atoms with Crippen LogP contribution in [0.4, 0.5) is 0 Å². The largest absolute Gasteiger partial charge is 0.487 e. The Bertz CT molecular complexity index is 768. The number of aromatic nitrogens is 1. The summed E-state index contributed by atoms with van der Waals surface area (Å²) in [6.07, 6.45) is 4.09. The van der Waals surface area contributed by atoms with Crippen LogP contribution in [0.1, 0.15) is 51.8 Å². The fourth-order valence-corrected chi connectivity index (χ4v) is 3.33. The molecule has 2 aromatic rings. The molecule has 7 heteroatoms. The predicted octanol–water partition coefficient (Wildman–Crippen LogP) is 4.84. The zero-order chi connectivity index (χ0) is 22.3. The molecule has 1 unspecified atom stereocenters. The Morgan fingerprint density at radius 2 is 1.94 bits per heavy atom. The van der Waals surface area contributed by atoms with Gasteiger partial charge in [-0.1, -0.05) is 32.0 Å². The van der Waals surface area contributed by atoms with Crippen LogP contribution >= 0.6 is 24.0 Å². The van der Waals surface area contributed by atoms with Gasteiger partial charge in [0.25, 0.3) is 0 Å². The van der Waals surface area contributed by atoms with E-state index in [1.54, 1.807) is 6.20 Å². The molecular weight excluding hydrogens is 513 g/mol. The Morgan fingerprint density at radius 1 is 1.12 bits per heavy atom. The minimum atomic E-state index is 0. The van der Waals surface area contributed by atoms with Gasteiger partial charge in [0, 0.05) is 18.8 Å². The van der Waals surface area contributed by atoms with E-state index in [1.165, 1.54) is 6.42 Å². The summed E-state index contributed by atoms with van der Waals surface area (Å²) < 4.78 is 5.89. The smallest absolute Gasteiger partial charge is 0.191 e. The molecule has 1 heterocycles. The monoisotopic (exact) mass is 553 g/mol. The number of rotatable bonds is 13. The van der Waals surface area contributed by atoms with Crippen LogP contribution in [0.15, 0.2) is 53.7 Å². The first kappa shape index (κ1) is 28.2. The van der Waals surface area contributed by atoms with Gasteiger partial charge in [0.15, 0.2) is 5.96 Å². The van der Waals surface area contributed by atoms with Gasteiger partial charge >= 0.3 is 0 Å². The fourth-order valence-electron chi connectivity index (χ4n) is 3.33. The number of pyridine rings is 1. The lowest BCUT2D eigenvalue weighted by Crippen LogP contribution is -2.42. The molecule has 0 spiro atoms. The Morgan fingerprint density at radius 3 is 2.62 bits per heavy atom. The molecule has 0 radical (unpaired) electrons. The van der Waals surface area contributed by atoms with Crippen LogP contribution in [0, 0.1) is 0 Å². The van der Waals surface area contributed by atoms with Crippen molar-refractivity contribution in [1.29, 1.82) is 0 Å². The van der Waals surface area contributed by atoms with E-state index in [2.05, 4.69) is 54.3 Å². The fraction of sp³-hybridized carbons (Fsp3) is 0.520. The molecule has 0 saturated heterocycles. The number of ether oxygens (including phenoxy) is 1. The molecule has 1 aromatic carbocycles. The standard InChI is InChI=1S/C25H39N5O.HI/c1-5-26-25(29-21(4)12-11-17-30(6-2)7-3)28-19-22-13-10-15-24(18-22)31-20-23-14-8-9-16-27-23;/h8-10,13-16,18,21H,5-7,11-12,17,19-20H2,1-4H3,(H2,26,28,29);1H. The van der Waals surface area contributed by atoms with Gasteiger partial charge in [-0.25, -0.2) is 4.99 Å². The molecule has 0 amide bonds. The van der Waals surface area contributed by atoms with Crippen molar-refractivity contribution in [3.05, 3.63) is 59.9 Å². The van der Waals surface area contributed by atoms with E-state index in [1.807, 2.05) is 36.4 Å². The number of aliphatic imine (C=N–C) groups is 1. The van der Waals surface area contributed by atoms with Crippen molar-refractivity contribution in [1.82, 2.24) is 20.5 Å². The van der Waals surface area contributed by atoms with E-state index in [0.717, 1.165) is 55.6 Å². The summed E-state index contributed by atoms with van der Waals surface area (Å²) in [5.41, 5.74) is 2.03. The molecule has 6 nitrogen and oxygen atoms in total. The second-order valence-electron chi connectivity index (χ2n) is 7.67. The molecule has 2 N–H and O–H groups in total. The number of nitrogens with one attached hydrogen (secondary N) is 2. The third kappa shape index (κ3) is 11.1. The second-order valence-corrected chi connectivity index (χ2v) is 7.67. The first-order valence-electron chi connectivity index (χ1n) is 11.5. The van der Waals surface area contributed by atoms with Crippen molar-refractivity contribution < 1.29 is 4.74 Å². The SMILES string of the molecule is CCNC(=NCc1cccc(OCc2ccccn2)c1)NC(C)CCCN(CC)CC.I. The van der Waals surface area contributed by atoms with E-state index in [0.29, 0.717) is 19.2 Å². The summed E-state index contributed by atoms with van der Waals surface area (Å²) in [6.45, 7) is 14.0. The molecule has 0 aliphatic carbocycles. The minimum Gasteiger partial charge on any atom is -0.487 e. The molecule has 0 bridgehead atoms.